The predicted octanol–water partition coefficient (Wildman–Crippen LogP) is 0.473. The summed E-state index contributed by atoms with van der Waals surface area (Å²) in [6.45, 7) is 2.38. The Bertz CT molecular complexity index is 313. The van der Waals surface area contributed by atoms with E-state index in [-0.39, 0.29) is 12.8 Å². The molecule has 0 bridgehead atoms. The zero-order valence-electron chi connectivity index (χ0n) is 8.25. The van der Waals surface area contributed by atoms with Gasteiger partial charge in [0.05, 0.1) is 0 Å². The van der Waals surface area contributed by atoms with Crippen molar-refractivity contribution in [2.24, 2.45) is 5.41 Å². The highest BCUT2D eigenvalue weighted by molar-refractivity contribution is 6.48. The highest BCUT2D eigenvalue weighted by Crippen LogP contribution is 2.33. The van der Waals surface area contributed by atoms with Gasteiger partial charge in [0.2, 0.25) is 5.78 Å². The van der Waals surface area contributed by atoms with Crippen molar-refractivity contribution in [3.8, 4) is 0 Å². The first-order chi connectivity index (χ1) is 6.43. The molecule has 0 amide bonds. The van der Waals surface area contributed by atoms with Crippen molar-refractivity contribution in [1.82, 2.24) is 0 Å². The molecule has 0 N–H and O–H groups in total. The third kappa shape index (κ3) is 1.31. The summed E-state index contributed by atoms with van der Waals surface area (Å²) in [6, 6.07) is 0. The van der Waals surface area contributed by atoms with Crippen molar-refractivity contribution in [3.63, 3.8) is 0 Å². The molecule has 1 rings (SSSR count). The van der Waals surface area contributed by atoms with Gasteiger partial charge in [-0.15, -0.1) is 0 Å². The van der Waals surface area contributed by atoms with Crippen molar-refractivity contribution in [2.75, 3.05) is 0 Å². The molecule has 14 heavy (non-hydrogen) atoms. The van der Waals surface area contributed by atoms with Gasteiger partial charge in [0.15, 0.2) is 22.8 Å². The topological polar surface area (TPSA) is 68.3 Å². The van der Waals surface area contributed by atoms with E-state index >= 15 is 0 Å². The summed E-state index contributed by atoms with van der Waals surface area (Å²) < 4.78 is 0. The zero-order valence-corrected chi connectivity index (χ0v) is 8.25. The molecule has 0 spiro atoms. The number of Topliss-reactive ketones (excluding diaryl/α,β-unsaturated/α-hetero) is 4. The van der Waals surface area contributed by atoms with Crippen molar-refractivity contribution in [1.29, 1.82) is 0 Å². The molecule has 1 fully saturated rings. The number of hydrogen-bond donors (Lipinski definition) is 0. The number of rotatable bonds is 2. The molecule has 4 heteroatoms. The van der Waals surface area contributed by atoms with Crippen LogP contribution in [0.1, 0.15) is 33.1 Å². The summed E-state index contributed by atoms with van der Waals surface area (Å²) in [4.78, 5) is 45.4. The van der Waals surface area contributed by atoms with Gasteiger partial charge in [0.1, 0.15) is 0 Å². The highest BCUT2D eigenvalue weighted by atomic mass is 16.2. The Balaban J connectivity index is 3.21. The maximum Gasteiger partial charge on any atom is 0.219 e. The largest absolute Gasteiger partial charge is 0.298 e. The summed E-state index contributed by atoms with van der Waals surface area (Å²) in [6.07, 6.45) is 0.771. The van der Waals surface area contributed by atoms with Gasteiger partial charge in [-0.05, 0) is 26.7 Å². The van der Waals surface area contributed by atoms with Crippen LogP contribution in [0.3, 0.4) is 0 Å². The lowest BCUT2D eigenvalue weighted by Gasteiger charge is -2.29. The molecule has 0 aromatic carbocycles. The lowest BCUT2D eigenvalue weighted by atomic mass is 9.67. The Morgan fingerprint density at radius 1 is 1.14 bits per heavy atom. The second-order valence-corrected chi connectivity index (χ2v) is 3.62. The van der Waals surface area contributed by atoms with Gasteiger partial charge in [-0.25, -0.2) is 0 Å². The monoisotopic (exact) mass is 196 g/mol. The Hall–Kier alpha value is -1.32. The molecule has 0 saturated heterocycles. The minimum Gasteiger partial charge on any atom is -0.298 e. The van der Waals surface area contributed by atoms with E-state index in [1.54, 1.807) is 0 Å². The molecule has 0 aromatic heterocycles. The molecule has 1 aliphatic carbocycles. The lowest BCUT2D eigenvalue weighted by Crippen LogP contribution is -2.50. The second kappa shape index (κ2) is 3.44. The lowest BCUT2D eigenvalue weighted by molar-refractivity contribution is -0.155. The number of carbonyl (C=O) groups is 4. The second-order valence-electron chi connectivity index (χ2n) is 3.62. The SMILES string of the molecule is CC(=O)C1(C(C)=O)CCCC(=O)C1=O. The molecule has 4 nitrogen and oxygen atoms in total. The Kier molecular flexibility index (Phi) is 2.64. The van der Waals surface area contributed by atoms with Crippen LogP contribution in [0.4, 0.5) is 0 Å². The fourth-order valence-corrected chi connectivity index (χ4v) is 1.90. The molecule has 76 valence electrons. The molecule has 1 saturated carbocycles. The van der Waals surface area contributed by atoms with E-state index in [0.29, 0.717) is 6.42 Å². The van der Waals surface area contributed by atoms with Crippen LogP contribution in [0, 0.1) is 5.41 Å². The van der Waals surface area contributed by atoms with Gasteiger partial charge in [-0.2, -0.15) is 0 Å². The molecule has 0 radical (unpaired) electrons. The minimum atomic E-state index is -1.66. The number of carbonyl (C=O) groups excluding carboxylic acids is 4. The van der Waals surface area contributed by atoms with Crippen molar-refractivity contribution in [2.45, 2.75) is 33.1 Å². The maximum atomic E-state index is 11.5. The molecule has 0 atom stereocenters. The molecular weight excluding hydrogens is 184 g/mol. The van der Waals surface area contributed by atoms with Crippen molar-refractivity contribution >= 4 is 23.1 Å². The van der Waals surface area contributed by atoms with Gasteiger partial charge in [-0.3, -0.25) is 19.2 Å². The molecule has 0 unspecified atom stereocenters. The van der Waals surface area contributed by atoms with E-state index in [4.69, 9.17) is 0 Å². The predicted molar refractivity (Wildman–Crippen MR) is 47.7 cm³/mol. The Labute approximate surface area is 81.7 Å². The summed E-state index contributed by atoms with van der Waals surface area (Å²) in [7, 11) is 0. The first kappa shape index (κ1) is 10.8. The van der Waals surface area contributed by atoms with Gasteiger partial charge in [-0.1, -0.05) is 0 Å². The summed E-state index contributed by atoms with van der Waals surface area (Å²) in [5.74, 6) is -2.43. The first-order valence-corrected chi connectivity index (χ1v) is 4.52. The van der Waals surface area contributed by atoms with Crippen LogP contribution in [0.2, 0.25) is 0 Å². The standard InChI is InChI=1S/C10H12O4/c1-6(11)10(7(2)12)5-3-4-8(13)9(10)14/h3-5H2,1-2H3. The van der Waals surface area contributed by atoms with Crippen LogP contribution < -0.4 is 0 Å². The molecule has 0 aliphatic heterocycles. The summed E-state index contributed by atoms with van der Waals surface area (Å²) in [5, 5.41) is 0. The third-order valence-corrected chi connectivity index (χ3v) is 2.80. The van der Waals surface area contributed by atoms with Crippen LogP contribution in [-0.4, -0.2) is 23.1 Å². The van der Waals surface area contributed by atoms with Crippen LogP contribution in [0.25, 0.3) is 0 Å². The smallest absolute Gasteiger partial charge is 0.219 e. The van der Waals surface area contributed by atoms with E-state index in [0.717, 1.165) is 0 Å². The van der Waals surface area contributed by atoms with Crippen LogP contribution in [0.15, 0.2) is 0 Å². The molecule has 0 aromatic rings. The normalized spacial score (nSPS) is 20.7. The first-order valence-electron chi connectivity index (χ1n) is 4.52. The zero-order chi connectivity index (χ0) is 10.9. The van der Waals surface area contributed by atoms with E-state index in [1.165, 1.54) is 13.8 Å². The number of ketones is 4. The third-order valence-electron chi connectivity index (χ3n) is 2.80. The van der Waals surface area contributed by atoms with Gasteiger partial charge >= 0.3 is 0 Å². The van der Waals surface area contributed by atoms with Crippen LogP contribution in [-0.2, 0) is 19.2 Å². The molecular formula is C10H12O4. The minimum absolute atomic E-state index is 0.154. The van der Waals surface area contributed by atoms with E-state index in [9.17, 15) is 19.2 Å². The molecule has 1 aliphatic rings. The van der Waals surface area contributed by atoms with Gasteiger partial charge in [0.25, 0.3) is 0 Å². The Morgan fingerprint density at radius 3 is 2.00 bits per heavy atom. The fourth-order valence-electron chi connectivity index (χ4n) is 1.90. The van der Waals surface area contributed by atoms with E-state index in [2.05, 4.69) is 0 Å². The van der Waals surface area contributed by atoms with Gasteiger partial charge < -0.3 is 0 Å². The maximum absolute atomic E-state index is 11.5. The van der Waals surface area contributed by atoms with Crippen molar-refractivity contribution < 1.29 is 19.2 Å². The van der Waals surface area contributed by atoms with Crippen LogP contribution in [0.5, 0.6) is 0 Å². The van der Waals surface area contributed by atoms with Gasteiger partial charge in [0, 0.05) is 6.42 Å². The van der Waals surface area contributed by atoms with Crippen LogP contribution >= 0.6 is 0 Å². The Morgan fingerprint density at radius 2 is 1.64 bits per heavy atom. The highest BCUT2D eigenvalue weighted by Gasteiger charge is 2.51. The molecule has 0 heterocycles. The average Bonchev–Trinajstić information content (AvgIpc) is 2.08. The fraction of sp³-hybridized carbons (Fsp3) is 0.600. The number of hydrogen-bond acceptors (Lipinski definition) is 4. The van der Waals surface area contributed by atoms with E-state index < -0.39 is 28.5 Å². The quantitative estimate of drug-likeness (QED) is 0.475. The summed E-state index contributed by atoms with van der Waals surface area (Å²) in [5.41, 5.74) is -1.66. The average molecular weight is 196 g/mol. The van der Waals surface area contributed by atoms with Crippen molar-refractivity contribution in [3.05, 3.63) is 0 Å². The van der Waals surface area contributed by atoms with E-state index in [1.807, 2.05) is 0 Å². The summed E-state index contributed by atoms with van der Waals surface area (Å²) >= 11 is 0.